The van der Waals surface area contributed by atoms with Gasteiger partial charge in [-0.15, -0.1) is 0 Å². The van der Waals surface area contributed by atoms with Crippen LogP contribution >= 0.6 is 11.6 Å². The first kappa shape index (κ1) is 11.2. The van der Waals surface area contributed by atoms with Crippen LogP contribution in [0.4, 0.5) is 4.39 Å². The van der Waals surface area contributed by atoms with Gasteiger partial charge in [0.1, 0.15) is 5.82 Å². The summed E-state index contributed by atoms with van der Waals surface area (Å²) in [5, 5.41) is 0.267. The fraction of sp³-hybridized carbons (Fsp3) is 0.167. The fourth-order valence-electron chi connectivity index (χ4n) is 1.58. The predicted molar refractivity (Wildman–Crippen MR) is 60.8 cm³/mol. The first-order valence-corrected chi connectivity index (χ1v) is 5.28. The van der Waals surface area contributed by atoms with E-state index in [-0.39, 0.29) is 17.1 Å². The van der Waals surface area contributed by atoms with Crippen molar-refractivity contribution in [3.8, 4) is 0 Å². The molecule has 2 N–H and O–H groups in total. The number of halogens is 2. The zero-order chi connectivity index (χ0) is 11.5. The van der Waals surface area contributed by atoms with Crippen molar-refractivity contribution in [3.05, 3.63) is 58.8 Å². The van der Waals surface area contributed by atoms with Crippen LogP contribution in [-0.2, 0) is 6.42 Å². The molecule has 0 spiro atoms. The van der Waals surface area contributed by atoms with E-state index in [1.54, 1.807) is 24.3 Å². The second-order valence-electron chi connectivity index (χ2n) is 3.55. The second kappa shape index (κ2) is 4.68. The molecule has 2 aromatic rings. The largest absolute Gasteiger partial charge is 0.453 e. The highest BCUT2D eigenvalue weighted by molar-refractivity contribution is 6.29. The van der Waals surface area contributed by atoms with Gasteiger partial charge in [0.25, 0.3) is 0 Å². The Labute approximate surface area is 97.8 Å². The molecule has 2 nitrogen and oxygen atoms in total. The molecule has 0 amide bonds. The van der Waals surface area contributed by atoms with Crippen LogP contribution in [0.1, 0.15) is 17.2 Å². The summed E-state index contributed by atoms with van der Waals surface area (Å²) in [4.78, 5) is 0. The molecule has 0 saturated heterocycles. The van der Waals surface area contributed by atoms with E-state index in [1.165, 1.54) is 12.3 Å². The zero-order valence-corrected chi connectivity index (χ0v) is 9.25. The molecule has 16 heavy (non-hydrogen) atoms. The van der Waals surface area contributed by atoms with E-state index in [0.29, 0.717) is 17.5 Å². The lowest BCUT2D eigenvalue weighted by Crippen LogP contribution is -2.13. The molecule has 0 radical (unpaired) electrons. The van der Waals surface area contributed by atoms with Gasteiger partial charge in [0.2, 0.25) is 0 Å². The molecule has 84 valence electrons. The van der Waals surface area contributed by atoms with E-state index in [9.17, 15) is 4.39 Å². The van der Waals surface area contributed by atoms with Gasteiger partial charge in [-0.2, -0.15) is 0 Å². The van der Waals surface area contributed by atoms with Gasteiger partial charge in [0.15, 0.2) is 5.22 Å². The Morgan fingerprint density at radius 1 is 1.31 bits per heavy atom. The van der Waals surface area contributed by atoms with Gasteiger partial charge in [0.05, 0.1) is 6.26 Å². The van der Waals surface area contributed by atoms with Crippen molar-refractivity contribution < 1.29 is 8.81 Å². The Hall–Kier alpha value is -1.32. The number of nitrogens with two attached hydrogens (primary N) is 1. The molecular weight excluding hydrogens is 229 g/mol. The molecule has 0 aliphatic heterocycles. The molecular formula is C12H11ClFNO. The SMILES string of the molecule is NC(Cc1ccccc1F)c1ccoc1Cl. The van der Waals surface area contributed by atoms with E-state index < -0.39 is 0 Å². The summed E-state index contributed by atoms with van der Waals surface area (Å²) in [6.45, 7) is 0. The average Bonchev–Trinajstić information content (AvgIpc) is 2.68. The van der Waals surface area contributed by atoms with Gasteiger partial charge in [-0.3, -0.25) is 0 Å². The maximum atomic E-state index is 13.4. The van der Waals surface area contributed by atoms with E-state index in [1.807, 2.05) is 0 Å². The van der Waals surface area contributed by atoms with Gasteiger partial charge in [0, 0.05) is 11.6 Å². The van der Waals surface area contributed by atoms with Gasteiger partial charge in [-0.25, -0.2) is 4.39 Å². The van der Waals surface area contributed by atoms with E-state index in [2.05, 4.69) is 0 Å². The van der Waals surface area contributed by atoms with Gasteiger partial charge < -0.3 is 10.2 Å². The van der Waals surface area contributed by atoms with Crippen molar-refractivity contribution in [2.45, 2.75) is 12.5 Å². The fourth-order valence-corrected chi connectivity index (χ4v) is 1.84. The highest BCUT2D eigenvalue weighted by Gasteiger charge is 2.14. The number of hydrogen-bond donors (Lipinski definition) is 1. The van der Waals surface area contributed by atoms with E-state index in [4.69, 9.17) is 21.8 Å². The molecule has 0 bridgehead atoms. The third kappa shape index (κ3) is 2.26. The highest BCUT2D eigenvalue weighted by atomic mass is 35.5. The molecule has 2 rings (SSSR count). The summed E-state index contributed by atoms with van der Waals surface area (Å²) < 4.78 is 18.3. The van der Waals surface area contributed by atoms with Crippen molar-refractivity contribution in [1.82, 2.24) is 0 Å². The minimum Gasteiger partial charge on any atom is -0.453 e. The van der Waals surface area contributed by atoms with Gasteiger partial charge >= 0.3 is 0 Å². The van der Waals surface area contributed by atoms with Crippen LogP contribution in [0.3, 0.4) is 0 Å². The maximum absolute atomic E-state index is 13.4. The normalized spacial score (nSPS) is 12.7. The Balaban J connectivity index is 2.17. The summed E-state index contributed by atoms with van der Waals surface area (Å²) in [5.41, 5.74) is 7.21. The number of benzene rings is 1. The van der Waals surface area contributed by atoms with Crippen LogP contribution in [0.5, 0.6) is 0 Å². The van der Waals surface area contributed by atoms with Crippen LogP contribution in [-0.4, -0.2) is 0 Å². The van der Waals surface area contributed by atoms with Crippen LogP contribution in [0.15, 0.2) is 41.0 Å². The molecule has 1 unspecified atom stereocenters. The van der Waals surface area contributed by atoms with Gasteiger partial charge in [-0.1, -0.05) is 18.2 Å². The third-order valence-corrected chi connectivity index (χ3v) is 2.75. The van der Waals surface area contributed by atoms with Crippen LogP contribution in [0.25, 0.3) is 0 Å². The summed E-state index contributed by atoms with van der Waals surface area (Å²) in [7, 11) is 0. The number of furan rings is 1. The molecule has 1 heterocycles. The Kier molecular flexibility index (Phi) is 3.27. The predicted octanol–water partition coefficient (Wildman–Crippen LogP) is 3.31. The smallest absolute Gasteiger partial charge is 0.197 e. The maximum Gasteiger partial charge on any atom is 0.197 e. The Morgan fingerprint density at radius 3 is 2.69 bits per heavy atom. The van der Waals surface area contributed by atoms with Crippen molar-refractivity contribution in [2.24, 2.45) is 5.73 Å². The quantitative estimate of drug-likeness (QED) is 0.893. The standard InChI is InChI=1S/C12H11ClFNO/c13-12-9(5-6-16-12)11(15)7-8-3-1-2-4-10(8)14/h1-6,11H,7,15H2. The summed E-state index contributed by atoms with van der Waals surface area (Å²) in [6.07, 6.45) is 1.87. The van der Waals surface area contributed by atoms with Crippen molar-refractivity contribution >= 4 is 11.6 Å². The lowest BCUT2D eigenvalue weighted by Gasteiger charge is -2.10. The average molecular weight is 240 g/mol. The monoisotopic (exact) mass is 239 g/mol. The molecule has 1 aromatic heterocycles. The summed E-state index contributed by atoms with van der Waals surface area (Å²) in [6, 6.07) is 7.90. The molecule has 1 atom stereocenters. The Morgan fingerprint density at radius 2 is 2.06 bits per heavy atom. The minimum absolute atomic E-state index is 0.252. The highest BCUT2D eigenvalue weighted by Crippen LogP contribution is 2.25. The molecule has 0 aliphatic carbocycles. The lowest BCUT2D eigenvalue weighted by molar-refractivity contribution is 0.557. The topological polar surface area (TPSA) is 39.2 Å². The van der Waals surface area contributed by atoms with Gasteiger partial charge in [-0.05, 0) is 35.7 Å². The number of rotatable bonds is 3. The molecule has 0 aliphatic rings. The summed E-state index contributed by atoms with van der Waals surface area (Å²) in [5.74, 6) is -0.252. The minimum atomic E-state index is -0.358. The zero-order valence-electron chi connectivity index (χ0n) is 8.49. The third-order valence-electron chi connectivity index (χ3n) is 2.44. The molecule has 4 heteroatoms. The first-order chi connectivity index (χ1) is 7.68. The van der Waals surface area contributed by atoms with Crippen LogP contribution in [0.2, 0.25) is 5.22 Å². The van der Waals surface area contributed by atoms with Crippen molar-refractivity contribution in [3.63, 3.8) is 0 Å². The van der Waals surface area contributed by atoms with Crippen LogP contribution in [0, 0.1) is 5.82 Å². The molecule has 0 saturated carbocycles. The molecule has 1 aromatic carbocycles. The van der Waals surface area contributed by atoms with E-state index >= 15 is 0 Å². The van der Waals surface area contributed by atoms with Crippen molar-refractivity contribution in [2.75, 3.05) is 0 Å². The number of hydrogen-bond acceptors (Lipinski definition) is 2. The first-order valence-electron chi connectivity index (χ1n) is 4.90. The lowest BCUT2D eigenvalue weighted by atomic mass is 10.0. The van der Waals surface area contributed by atoms with Crippen LogP contribution < -0.4 is 5.73 Å². The molecule has 0 fully saturated rings. The Bertz CT molecular complexity index is 483. The van der Waals surface area contributed by atoms with Crippen molar-refractivity contribution in [1.29, 1.82) is 0 Å². The summed E-state index contributed by atoms with van der Waals surface area (Å²) >= 11 is 5.80. The van der Waals surface area contributed by atoms with E-state index in [0.717, 1.165) is 0 Å². The second-order valence-corrected chi connectivity index (χ2v) is 3.89.